The summed E-state index contributed by atoms with van der Waals surface area (Å²) in [7, 11) is -0.393. The van der Waals surface area contributed by atoms with Crippen molar-refractivity contribution in [3.8, 4) is 0 Å². The van der Waals surface area contributed by atoms with Crippen LogP contribution in [0.25, 0.3) is 0 Å². The van der Waals surface area contributed by atoms with Gasteiger partial charge in [0.2, 0.25) is 10.0 Å². The molecule has 114 valence electrons. The van der Waals surface area contributed by atoms with Crippen molar-refractivity contribution in [3.05, 3.63) is 17.3 Å². The molecule has 1 rings (SSSR count). The molecule has 0 aliphatic carbocycles. The minimum Gasteiger partial charge on any atom is -0.396 e. The zero-order valence-corrected chi connectivity index (χ0v) is 13.2. The van der Waals surface area contributed by atoms with Gasteiger partial charge >= 0.3 is 0 Å². The summed E-state index contributed by atoms with van der Waals surface area (Å²) < 4.78 is 25.9. The Morgan fingerprint density at radius 2 is 2.10 bits per heavy atom. The van der Waals surface area contributed by atoms with Crippen LogP contribution in [0.15, 0.2) is 17.2 Å². The lowest BCUT2D eigenvalue weighted by molar-refractivity contribution is 0.281. The third-order valence-electron chi connectivity index (χ3n) is 2.89. The van der Waals surface area contributed by atoms with Gasteiger partial charge < -0.3 is 10.4 Å². The van der Waals surface area contributed by atoms with Crippen LogP contribution in [0, 0.1) is 0 Å². The van der Waals surface area contributed by atoms with E-state index in [2.05, 4.69) is 10.3 Å². The number of sulfonamides is 1. The van der Waals surface area contributed by atoms with Crippen molar-refractivity contribution in [2.24, 2.45) is 0 Å². The Kier molecular flexibility index (Phi) is 6.67. The van der Waals surface area contributed by atoms with Gasteiger partial charge in [-0.05, 0) is 25.3 Å². The topological polar surface area (TPSA) is 82.5 Å². The minimum atomic E-state index is -3.58. The predicted octanol–water partition coefficient (Wildman–Crippen LogP) is 1.56. The van der Waals surface area contributed by atoms with Crippen LogP contribution in [0.1, 0.15) is 19.3 Å². The molecule has 1 heterocycles. The number of nitrogens with zero attached hydrogens (tertiary/aromatic N) is 2. The SMILES string of the molecule is CNc1ncc(S(=O)(=O)N(C)CCCCCO)cc1Cl. The van der Waals surface area contributed by atoms with Crippen LogP contribution in [0.3, 0.4) is 0 Å². The Morgan fingerprint density at radius 1 is 1.40 bits per heavy atom. The quantitative estimate of drug-likeness (QED) is 0.710. The molecule has 0 radical (unpaired) electrons. The smallest absolute Gasteiger partial charge is 0.244 e. The van der Waals surface area contributed by atoms with Crippen molar-refractivity contribution in [3.63, 3.8) is 0 Å². The van der Waals surface area contributed by atoms with Crippen LogP contribution in [0.4, 0.5) is 5.82 Å². The maximum absolute atomic E-state index is 12.3. The van der Waals surface area contributed by atoms with Gasteiger partial charge in [-0.1, -0.05) is 11.6 Å². The van der Waals surface area contributed by atoms with Crippen LogP contribution >= 0.6 is 11.6 Å². The second-order valence-electron chi connectivity index (χ2n) is 4.36. The highest BCUT2D eigenvalue weighted by atomic mass is 35.5. The average Bonchev–Trinajstić information content (AvgIpc) is 2.43. The lowest BCUT2D eigenvalue weighted by atomic mass is 10.2. The van der Waals surface area contributed by atoms with Gasteiger partial charge in [-0.25, -0.2) is 17.7 Å². The summed E-state index contributed by atoms with van der Waals surface area (Å²) in [6.07, 6.45) is 3.45. The Morgan fingerprint density at radius 3 is 2.65 bits per heavy atom. The van der Waals surface area contributed by atoms with E-state index in [1.165, 1.54) is 23.6 Å². The molecule has 1 aromatic heterocycles. The molecule has 0 unspecified atom stereocenters. The van der Waals surface area contributed by atoms with Crippen molar-refractivity contribution in [1.82, 2.24) is 9.29 Å². The number of anilines is 1. The van der Waals surface area contributed by atoms with Gasteiger partial charge in [0.05, 0.1) is 5.02 Å². The number of aromatic nitrogens is 1. The fraction of sp³-hybridized carbons (Fsp3) is 0.583. The number of rotatable bonds is 8. The maximum Gasteiger partial charge on any atom is 0.244 e. The molecule has 20 heavy (non-hydrogen) atoms. The highest BCUT2D eigenvalue weighted by Gasteiger charge is 2.21. The van der Waals surface area contributed by atoms with E-state index in [1.807, 2.05) is 0 Å². The highest BCUT2D eigenvalue weighted by Crippen LogP contribution is 2.23. The molecule has 0 aliphatic heterocycles. The number of pyridine rings is 1. The molecule has 0 fully saturated rings. The number of hydrogen-bond acceptors (Lipinski definition) is 5. The number of aliphatic hydroxyl groups excluding tert-OH is 1. The molecule has 0 aliphatic rings. The van der Waals surface area contributed by atoms with Crippen molar-refractivity contribution >= 4 is 27.4 Å². The van der Waals surface area contributed by atoms with E-state index in [0.717, 1.165) is 6.42 Å². The minimum absolute atomic E-state index is 0.0751. The molecule has 0 saturated carbocycles. The van der Waals surface area contributed by atoms with Crippen LogP contribution in [0.2, 0.25) is 5.02 Å². The maximum atomic E-state index is 12.3. The van der Waals surface area contributed by atoms with E-state index in [0.29, 0.717) is 25.2 Å². The van der Waals surface area contributed by atoms with E-state index in [1.54, 1.807) is 7.05 Å². The lowest BCUT2D eigenvalue weighted by Gasteiger charge is -2.17. The van der Waals surface area contributed by atoms with Gasteiger partial charge in [0.1, 0.15) is 10.7 Å². The first-order valence-corrected chi connectivity index (χ1v) is 8.15. The number of hydrogen-bond donors (Lipinski definition) is 2. The lowest BCUT2D eigenvalue weighted by Crippen LogP contribution is -2.28. The van der Waals surface area contributed by atoms with Gasteiger partial charge in [0.15, 0.2) is 0 Å². The molecule has 0 saturated heterocycles. The normalized spacial score (nSPS) is 11.8. The number of nitrogens with one attached hydrogen (secondary N) is 1. The summed E-state index contributed by atoms with van der Waals surface area (Å²) in [5, 5.41) is 11.7. The van der Waals surface area contributed by atoms with Crippen LogP contribution in [0.5, 0.6) is 0 Å². The first kappa shape index (κ1) is 17.2. The van der Waals surface area contributed by atoms with Crippen molar-refractivity contribution < 1.29 is 13.5 Å². The van der Waals surface area contributed by atoms with E-state index in [-0.39, 0.29) is 16.5 Å². The van der Waals surface area contributed by atoms with Gasteiger partial charge in [-0.3, -0.25) is 0 Å². The van der Waals surface area contributed by atoms with Crippen LogP contribution in [-0.4, -0.2) is 50.1 Å². The van der Waals surface area contributed by atoms with E-state index in [9.17, 15) is 8.42 Å². The number of aliphatic hydroxyl groups is 1. The fourth-order valence-electron chi connectivity index (χ4n) is 1.67. The van der Waals surface area contributed by atoms with Crippen molar-refractivity contribution in [1.29, 1.82) is 0 Å². The third kappa shape index (κ3) is 4.31. The summed E-state index contributed by atoms with van der Waals surface area (Å²) >= 11 is 5.95. The number of unbranched alkanes of at least 4 members (excludes halogenated alkanes) is 2. The highest BCUT2D eigenvalue weighted by molar-refractivity contribution is 7.89. The van der Waals surface area contributed by atoms with Gasteiger partial charge in [0.25, 0.3) is 0 Å². The average molecular weight is 322 g/mol. The first-order valence-electron chi connectivity index (χ1n) is 6.34. The first-order chi connectivity index (χ1) is 9.43. The van der Waals surface area contributed by atoms with Gasteiger partial charge in [0, 0.05) is 33.4 Å². The molecule has 0 atom stereocenters. The Hall–Kier alpha value is -0.890. The second-order valence-corrected chi connectivity index (χ2v) is 6.81. The summed E-state index contributed by atoms with van der Waals surface area (Å²) in [4.78, 5) is 4.05. The molecule has 6 nitrogen and oxygen atoms in total. The molecular formula is C12H20ClN3O3S. The zero-order valence-electron chi connectivity index (χ0n) is 11.6. The standard InChI is InChI=1S/C12H20ClN3O3S/c1-14-12-11(13)8-10(9-15-12)20(18,19)16(2)6-4-3-5-7-17/h8-9,17H,3-7H2,1-2H3,(H,14,15). The van der Waals surface area contributed by atoms with E-state index < -0.39 is 10.0 Å². The summed E-state index contributed by atoms with van der Waals surface area (Å²) in [5.41, 5.74) is 0. The van der Waals surface area contributed by atoms with Crippen molar-refractivity contribution in [2.75, 3.05) is 32.6 Å². The molecule has 0 spiro atoms. The molecule has 8 heteroatoms. The molecule has 1 aromatic rings. The molecule has 2 N–H and O–H groups in total. The summed E-state index contributed by atoms with van der Waals surface area (Å²) in [5.74, 6) is 0.441. The monoisotopic (exact) mass is 321 g/mol. The van der Waals surface area contributed by atoms with Gasteiger partial charge in [-0.15, -0.1) is 0 Å². The third-order valence-corrected chi connectivity index (χ3v) is 5.00. The predicted molar refractivity (Wildman–Crippen MR) is 79.5 cm³/mol. The van der Waals surface area contributed by atoms with Crippen LogP contribution < -0.4 is 5.32 Å². The molecule has 0 aromatic carbocycles. The Labute approximate surface area is 124 Å². The fourth-order valence-corrected chi connectivity index (χ4v) is 3.18. The molecular weight excluding hydrogens is 302 g/mol. The number of halogens is 1. The van der Waals surface area contributed by atoms with Gasteiger partial charge in [-0.2, -0.15) is 0 Å². The second kappa shape index (κ2) is 7.78. The van der Waals surface area contributed by atoms with Crippen molar-refractivity contribution in [2.45, 2.75) is 24.2 Å². The largest absolute Gasteiger partial charge is 0.396 e. The summed E-state index contributed by atoms with van der Waals surface area (Å²) in [6, 6.07) is 1.39. The van der Waals surface area contributed by atoms with Crippen LogP contribution in [-0.2, 0) is 10.0 Å². The summed E-state index contributed by atoms with van der Waals surface area (Å²) in [6.45, 7) is 0.523. The van der Waals surface area contributed by atoms with E-state index in [4.69, 9.17) is 16.7 Å². The van der Waals surface area contributed by atoms with E-state index >= 15 is 0 Å². The molecule has 0 amide bonds. The Balaban J connectivity index is 2.79. The molecule has 0 bridgehead atoms. The Bertz CT molecular complexity index is 537. The zero-order chi connectivity index (χ0) is 15.2.